The topological polar surface area (TPSA) is 122 Å². The number of fused-ring (bicyclic) bond motifs is 2. The fraction of sp³-hybridized carbons (Fsp3) is 0.414. The minimum absolute atomic E-state index is 0. The van der Waals surface area contributed by atoms with Crippen molar-refractivity contribution in [3.63, 3.8) is 0 Å². The third kappa shape index (κ3) is 9.14. The molecule has 8 nitrogen and oxygen atoms in total. The molecule has 1 aliphatic rings. The minimum Gasteiger partial charge on any atom is 1.00 e. The van der Waals surface area contributed by atoms with Crippen LogP contribution in [0, 0.1) is 27.7 Å². The molecule has 0 bridgehead atoms. The Hall–Kier alpha value is -0.751. The summed E-state index contributed by atoms with van der Waals surface area (Å²) >= 11 is 0.0342. The molecule has 1 aliphatic heterocycles. The first-order valence-electron chi connectivity index (χ1n) is 13.4. The second kappa shape index (κ2) is 14.6. The van der Waals surface area contributed by atoms with Crippen molar-refractivity contribution in [1.29, 1.82) is 0 Å². The van der Waals surface area contributed by atoms with Crippen molar-refractivity contribution in [2.24, 2.45) is 0 Å². The molecule has 0 radical (unpaired) electrons. The normalized spacial score (nSPS) is 15.0. The van der Waals surface area contributed by atoms with E-state index in [0.29, 0.717) is 13.1 Å². The number of allylic oxidation sites excluding steroid dienone is 2. The summed E-state index contributed by atoms with van der Waals surface area (Å²) in [5.74, 6) is -0.794. The fourth-order valence-electron chi connectivity index (χ4n) is 4.75. The summed E-state index contributed by atoms with van der Waals surface area (Å²) in [6, 6.07) is 8.71. The van der Waals surface area contributed by atoms with Gasteiger partial charge in [-0.15, -0.1) is 0 Å². The van der Waals surface area contributed by atoms with E-state index >= 15 is 0 Å². The number of aromatic nitrogens is 1. The average Bonchev–Trinajstić information content (AvgIpc) is 3.34. The zero-order valence-electron chi connectivity index (χ0n) is 24.9. The van der Waals surface area contributed by atoms with Crippen LogP contribution in [0.3, 0.4) is 0 Å². The van der Waals surface area contributed by atoms with Gasteiger partial charge in [0.2, 0.25) is 0 Å². The summed E-state index contributed by atoms with van der Waals surface area (Å²) in [6.45, 7) is 11.3. The maximum Gasteiger partial charge on any atom is 1.00 e. The molecule has 0 atom stereocenters. The number of aryl methyl sites for hydroxylation is 5. The van der Waals surface area contributed by atoms with Gasteiger partial charge in [0.05, 0.1) is 0 Å². The van der Waals surface area contributed by atoms with Crippen LogP contribution >= 0.6 is 0 Å². The molecule has 0 aliphatic carbocycles. The molecular weight excluding hydrogens is 717 g/mol. The fourth-order valence-corrected chi connectivity index (χ4v) is 10.9. The molecule has 0 saturated carbocycles. The van der Waals surface area contributed by atoms with Gasteiger partial charge in [-0.2, -0.15) is 0 Å². The van der Waals surface area contributed by atoms with Crippen LogP contribution in [0.15, 0.2) is 40.5 Å². The van der Waals surface area contributed by atoms with Crippen LogP contribution in [0.5, 0.6) is 0 Å². The maximum atomic E-state index is 11.3. The number of benzene rings is 2. The summed E-state index contributed by atoms with van der Waals surface area (Å²) in [4.78, 5) is 2.17. The van der Waals surface area contributed by atoms with Crippen LogP contribution in [0.4, 0.5) is 5.69 Å². The summed E-state index contributed by atoms with van der Waals surface area (Å²) in [5, 5.41) is 0. The van der Waals surface area contributed by atoms with Gasteiger partial charge in [-0.25, -0.2) is 0 Å². The van der Waals surface area contributed by atoms with Crippen molar-refractivity contribution in [2.75, 3.05) is 23.0 Å². The number of nitrogens with zero attached hydrogens (tertiary/aromatic N) is 2. The van der Waals surface area contributed by atoms with Crippen LogP contribution in [0.25, 0.3) is 15.9 Å². The smallest absolute Gasteiger partial charge is 1.00 e. The molecule has 0 unspecified atom stereocenters. The van der Waals surface area contributed by atoms with Crippen molar-refractivity contribution in [2.45, 2.75) is 60.4 Å². The van der Waals surface area contributed by atoms with Gasteiger partial charge >= 0.3 is 286 Å². The molecule has 222 valence electrons. The number of hydrogen-bond acceptors (Lipinski definition) is 7. The first-order chi connectivity index (χ1) is 19.1. The van der Waals surface area contributed by atoms with E-state index in [1.807, 2.05) is 0 Å². The van der Waals surface area contributed by atoms with Crippen LogP contribution in [-0.2, 0) is 26.8 Å². The molecule has 0 saturated heterocycles. The van der Waals surface area contributed by atoms with Gasteiger partial charge in [0.15, 0.2) is 0 Å². The van der Waals surface area contributed by atoms with Crippen LogP contribution < -0.4 is 43.5 Å². The van der Waals surface area contributed by atoms with Crippen molar-refractivity contribution in [3.8, 4) is 0 Å². The van der Waals surface area contributed by atoms with Gasteiger partial charge < -0.3 is 0 Å². The van der Waals surface area contributed by atoms with E-state index < -0.39 is 31.7 Å². The Kier molecular flexibility index (Phi) is 12.4. The monoisotopic (exact) mass is 754 g/mol. The molecule has 2 aromatic carbocycles. The van der Waals surface area contributed by atoms with Gasteiger partial charge in [-0.05, 0) is 0 Å². The predicted octanol–water partition coefficient (Wildman–Crippen LogP) is -0.223. The second-order valence-corrected chi connectivity index (χ2v) is 17.9. The number of hydrogen-bond donors (Lipinski definition) is 0. The van der Waals surface area contributed by atoms with Crippen molar-refractivity contribution >= 4 is 75.7 Å². The summed E-state index contributed by atoms with van der Waals surface area (Å²) < 4.78 is 74.6. The molecule has 13 heteroatoms. The molecule has 1 aromatic heterocycles. The van der Waals surface area contributed by atoms with Crippen LogP contribution in [-0.4, -0.2) is 73.5 Å². The molecule has 0 fully saturated rings. The first-order valence-corrected chi connectivity index (χ1v) is 20.0. The van der Waals surface area contributed by atoms with E-state index in [4.69, 9.17) is 0 Å². The minimum atomic E-state index is -4.29. The summed E-state index contributed by atoms with van der Waals surface area (Å²) in [6.07, 6.45) is 5.66. The van der Waals surface area contributed by atoms with Gasteiger partial charge in [-0.3, -0.25) is 0 Å². The Bertz CT molecular complexity index is 1770. The Morgan fingerprint density at radius 1 is 0.905 bits per heavy atom. The van der Waals surface area contributed by atoms with E-state index in [2.05, 4.69) is 80.5 Å². The average molecular weight is 753 g/mol. The predicted molar refractivity (Wildman–Crippen MR) is 164 cm³/mol. The van der Waals surface area contributed by atoms with E-state index in [-0.39, 0.29) is 71.9 Å². The summed E-state index contributed by atoms with van der Waals surface area (Å²) in [7, 11) is -8.58. The Labute approximate surface area is 284 Å². The standard InChI is InChI=1S/C29H36N2O6S2Se2.Na/c1-6-23(17-28-30(9-7-11-38(32,33)34)24-13-19(2)21(4)15-26(24)40-28)18-29-31(10-8-12-39(35,36)37)25-14-20(3)22(5)16-27(25)41-29;/h13-18H,6-12H2,1-5H3,(H-,32,33,34,35,36,37);/q;+1/p-1. The molecule has 0 spiro atoms. The number of anilines is 1. The maximum absolute atomic E-state index is 11.3. The molecular formula is C29H35N2NaO6S2Se2. The Balaban J connectivity index is 0.00000484. The number of rotatable bonds is 11. The largest absolute Gasteiger partial charge is 1.00 e. The molecule has 4 rings (SSSR count). The second-order valence-electron chi connectivity index (χ2n) is 10.4. The van der Waals surface area contributed by atoms with Crippen LogP contribution in [0.2, 0.25) is 0 Å². The first kappa shape index (κ1) is 35.7. The quantitative estimate of drug-likeness (QED) is 0.151. The molecule has 0 N–H and O–H groups in total. The van der Waals surface area contributed by atoms with Gasteiger partial charge in [-0.1, -0.05) is 0 Å². The molecule has 42 heavy (non-hydrogen) atoms. The molecule has 3 aromatic rings. The Morgan fingerprint density at radius 2 is 1.50 bits per heavy atom. The summed E-state index contributed by atoms with van der Waals surface area (Å²) in [5.41, 5.74) is 8.02. The zero-order valence-corrected chi connectivity index (χ0v) is 31.9. The van der Waals surface area contributed by atoms with E-state index in [9.17, 15) is 25.9 Å². The van der Waals surface area contributed by atoms with Crippen molar-refractivity contribution in [1.82, 2.24) is 0 Å². The molecule has 2 heterocycles. The van der Waals surface area contributed by atoms with Crippen LogP contribution in [0.1, 0.15) is 53.0 Å². The molecule has 0 amide bonds. The van der Waals surface area contributed by atoms with Gasteiger partial charge in [0.1, 0.15) is 0 Å². The van der Waals surface area contributed by atoms with E-state index in [1.54, 1.807) is 0 Å². The third-order valence-electron chi connectivity index (χ3n) is 7.27. The van der Waals surface area contributed by atoms with Gasteiger partial charge in [0.25, 0.3) is 0 Å². The van der Waals surface area contributed by atoms with Crippen molar-refractivity contribution < 1.29 is 60.1 Å². The van der Waals surface area contributed by atoms with Gasteiger partial charge in [0, 0.05) is 0 Å². The zero-order chi connectivity index (χ0) is 30.1. The van der Waals surface area contributed by atoms with Crippen molar-refractivity contribution in [3.05, 3.63) is 67.3 Å². The van der Waals surface area contributed by atoms with E-state index in [0.717, 1.165) is 43.5 Å². The Morgan fingerprint density at radius 3 is 2.14 bits per heavy atom. The van der Waals surface area contributed by atoms with E-state index in [1.165, 1.54) is 19.8 Å². The third-order valence-corrected chi connectivity index (χ3v) is 13.4. The SMILES string of the molecule is CCC(/C=C1\[Se]c2cc(C)c(C)cc2N1CCCS(=O)(=O)[O-])=C\c1[se]c2cc(C)c(C)cc2[n+]1CCCS(=O)(=O)[O-].[Na+].